The fourth-order valence-electron chi connectivity index (χ4n) is 3.23. The highest BCUT2D eigenvalue weighted by Gasteiger charge is 2.23. The zero-order chi connectivity index (χ0) is 10.7. The zero-order valence-corrected chi connectivity index (χ0v) is 10.1. The van der Waals surface area contributed by atoms with Gasteiger partial charge in [-0.25, -0.2) is 0 Å². The molecule has 0 aromatic carbocycles. The van der Waals surface area contributed by atoms with Gasteiger partial charge in [-0.3, -0.25) is 0 Å². The van der Waals surface area contributed by atoms with Crippen LogP contribution in [0.25, 0.3) is 0 Å². The van der Waals surface area contributed by atoms with Crippen molar-refractivity contribution in [3.05, 3.63) is 0 Å². The first-order valence-corrected chi connectivity index (χ1v) is 6.72. The van der Waals surface area contributed by atoms with E-state index in [1.165, 1.54) is 58.2 Å². The van der Waals surface area contributed by atoms with Crippen LogP contribution in [0, 0.1) is 11.8 Å². The first-order valence-electron chi connectivity index (χ1n) is 6.72. The highest BCUT2D eigenvalue weighted by Crippen LogP contribution is 2.29. The van der Waals surface area contributed by atoms with E-state index >= 15 is 0 Å². The summed E-state index contributed by atoms with van der Waals surface area (Å²) in [5, 5.41) is 0. The lowest BCUT2D eigenvalue weighted by Gasteiger charge is -2.35. The third-order valence-electron chi connectivity index (χ3n) is 4.19. The van der Waals surface area contributed by atoms with Gasteiger partial charge < -0.3 is 10.6 Å². The molecule has 0 bridgehead atoms. The van der Waals surface area contributed by atoms with Crippen LogP contribution >= 0.6 is 0 Å². The SMILES string of the molecule is CC1CCCC(CN2CCC(N)CC2)C1. The Hall–Kier alpha value is -0.0800. The Balaban J connectivity index is 1.71. The number of likely N-dealkylation sites (tertiary alicyclic amines) is 1. The summed E-state index contributed by atoms with van der Waals surface area (Å²) in [5.74, 6) is 1.94. The molecule has 1 saturated heterocycles. The van der Waals surface area contributed by atoms with Crippen molar-refractivity contribution < 1.29 is 0 Å². The molecule has 2 fully saturated rings. The summed E-state index contributed by atoms with van der Waals surface area (Å²) in [6, 6.07) is 0.478. The lowest BCUT2D eigenvalue weighted by Crippen LogP contribution is -2.42. The summed E-state index contributed by atoms with van der Waals surface area (Å²) in [4.78, 5) is 2.64. The highest BCUT2D eigenvalue weighted by molar-refractivity contribution is 4.78. The molecular weight excluding hydrogens is 184 g/mol. The fraction of sp³-hybridized carbons (Fsp3) is 1.00. The van der Waals surface area contributed by atoms with Crippen molar-refractivity contribution in [2.75, 3.05) is 19.6 Å². The van der Waals surface area contributed by atoms with Crippen LogP contribution in [0.3, 0.4) is 0 Å². The number of hydrogen-bond donors (Lipinski definition) is 1. The van der Waals surface area contributed by atoms with Crippen LogP contribution in [-0.4, -0.2) is 30.6 Å². The van der Waals surface area contributed by atoms with E-state index in [1.54, 1.807) is 0 Å². The predicted octanol–water partition coefficient (Wildman–Crippen LogP) is 2.24. The van der Waals surface area contributed by atoms with Gasteiger partial charge in [0.05, 0.1) is 0 Å². The minimum absolute atomic E-state index is 0.478. The van der Waals surface area contributed by atoms with Gasteiger partial charge in [0, 0.05) is 12.6 Å². The normalized spacial score (nSPS) is 35.6. The van der Waals surface area contributed by atoms with Crippen molar-refractivity contribution in [3.63, 3.8) is 0 Å². The van der Waals surface area contributed by atoms with E-state index in [-0.39, 0.29) is 0 Å². The maximum Gasteiger partial charge on any atom is 0.00631 e. The van der Waals surface area contributed by atoms with Gasteiger partial charge >= 0.3 is 0 Å². The van der Waals surface area contributed by atoms with Crippen LogP contribution in [0.15, 0.2) is 0 Å². The summed E-state index contributed by atoms with van der Waals surface area (Å²) in [6.07, 6.45) is 8.26. The van der Waals surface area contributed by atoms with E-state index in [9.17, 15) is 0 Å². The van der Waals surface area contributed by atoms with Crippen molar-refractivity contribution in [2.45, 2.75) is 51.5 Å². The van der Waals surface area contributed by atoms with E-state index in [1.807, 2.05) is 0 Å². The van der Waals surface area contributed by atoms with E-state index in [2.05, 4.69) is 11.8 Å². The van der Waals surface area contributed by atoms with Crippen molar-refractivity contribution >= 4 is 0 Å². The third kappa shape index (κ3) is 3.46. The minimum Gasteiger partial charge on any atom is -0.328 e. The Morgan fingerprint density at radius 1 is 1.13 bits per heavy atom. The van der Waals surface area contributed by atoms with Gasteiger partial charge in [0.2, 0.25) is 0 Å². The Bertz CT molecular complexity index is 185. The van der Waals surface area contributed by atoms with Crippen LogP contribution < -0.4 is 5.73 Å². The van der Waals surface area contributed by atoms with Gasteiger partial charge in [-0.05, 0) is 50.6 Å². The molecule has 2 nitrogen and oxygen atoms in total. The molecule has 0 amide bonds. The van der Waals surface area contributed by atoms with E-state index < -0.39 is 0 Å². The second-order valence-corrected chi connectivity index (χ2v) is 5.78. The number of rotatable bonds is 2. The maximum atomic E-state index is 5.93. The standard InChI is InChI=1S/C13H26N2/c1-11-3-2-4-12(9-11)10-15-7-5-13(14)6-8-15/h11-13H,2-10,14H2,1H3. The van der Waals surface area contributed by atoms with Crippen LogP contribution in [0.5, 0.6) is 0 Å². The predicted molar refractivity (Wildman–Crippen MR) is 64.8 cm³/mol. The summed E-state index contributed by atoms with van der Waals surface area (Å²) in [7, 11) is 0. The van der Waals surface area contributed by atoms with Crippen LogP contribution in [0.4, 0.5) is 0 Å². The van der Waals surface area contributed by atoms with Gasteiger partial charge in [0.25, 0.3) is 0 Å². The lowest BCUT2D eigenvalue weighted by molar-refractivity contribution is 0.151. The summed E-state index contributed by atoms with van der Waals surface area (Å²) in [5.41, 5.74) is 5.93. The van der Waals surface area contributed by atoms with Crippen molar-refractivity contribution in [3.8, 4) is 0 Å². The summed E-state index contributed by atoms with van der Waals surface area (Å²) >= 11 is 0. The molecule has 2 heteroatoms. The van der Waals surface area contributed by atoms with Crippen molar-refractivity contribution in [2.24, 2.45) is 17.6 Å². The van der Waals surface area contributed by atoms with Crippen molar-refractivity contribution in [1.82, 2.24) is 4.90 Å². The Morgan fingerprint density at radius 2 is 1.87 bits per heavy atom. The molecule has 15 heavy (non-hydrogen) atoms. The number of nitrogens with two attached hydrogens (primary N) is 1. The molecule has 1 saturated carbocycles. The maximum absolute atomic E-state index is 5.93. The molecule has 2 aliphatic rings. The Morgan fingerprint density at radius 3 is 2.53 bits per heavy atom. The zero-order valence-electron chi connectivity index (χ0n) is 10.1. The van der Waals surface area contributed by atoms with Crippen LogP contribution in [0.2, 0.25) is 0 Å². The molecule has 88 valence electrons. The largest absolute Gasteiger partial charge is 0.328 e. The fourth-order valence-corrected chi connectivity index (χ4v) is 3.23. The van der Waals surface area contributed by atoms with Crippen LogP contribution in [0.1, 0.15) is 45.4 Å². The molecule has 2 N–H and O–H groups in total. The van der Waals surface area contributed by atoms with Gasteiger partial charge in [-0.15, -0.1) is 0 Å². The first kappa shape index (κ1) is 11.4. The third-order valence-corrected chi connectivity index (χ3v) is 4.19. The number of hydrogen-bond acceptors (Lipinski definition) is 2. The van der Waals surface area contributed by atoms with E-state index in [0.717, 1.165) is 11.8 Å². The average Bonchev–Trinajstić information content (AvgIpc) is 2.22. The molecule has 1 aliphatic heterocycles. The molecule has 2 unspecified atom stereocenters. The van der Waals surface area contributed by atoms with Crippen LogP contribution in [-0.2, 0) is 0 Å². The molecule has 0 aromatic rings. The van der Waals surface area contributed by atoms with Gasteiger partial charge in [0.1, 0.15) is 0 Å². The molecule has 0 spiro atoms. The highest BCUT2D eigenvalue weighted by atomic mass is 15.1. The molecule has 1 heterocycles. The van der Waals surface area contributed by atoms with E-state index in [4.69, 9.17) is 5.73 Å². The quantitative estimate of drug-likeness (QED) is 0.757. The Labute approximate surface area is 94.2 Å². The summed E-state index contributed by atoms with van der Waals surface area (Å²) in [6.45, 7) is 6.24. The minimum atomic E-state index is 0.478. The smallest absolute Gasteiger partial charge is 0.00631 e. The molecule has 1 aliphatic carbocycles. The van der Waals surface area contributed by atoms with Gasteiger partial charge in [-0.1, -0.05) is 19.8 Å². The molecule has 2 atom stereocenters. The summed E-state index contributed by atoms with van der Waals surface area (Å²) < 4.78 is 0. The van der Waals surface area contributed by atoms with Gasteiger partial charge in [0.15, 0.2) is 0 Å². The second kappa shape index (κ2) is 5.31. The van der Waals surface area contributed by atoms with Gasteiger partial charge in [-0.2, -0.15) is 0 Å². The molecule has 0 aromatic heterocycles. The van der Waals surface area contributed by atoms with Crippen molar-refractivity contribution in [1.29, 1.82) is 0 Å². The molecule has 2 rings (SSSR count). The lowest BCUT2D eigenvalue weighted by atomic mass is 9.82. The molecular formula is C13H26N2. The monoisotopic (exact) mass is 210 g/mol. The number of nitrogens with zero attached hydrogens (tertiary/aromatic N) is 1. The van der Waals surface area contributed by atoms with E-state index in [0.29, 0.717) is 6.04 Å². The Kier molecular flexibility index (Phi) is 4.04. The average molecular weight is 210 g/mol. The molecule has 0 radical (unpaired) electrons. The topological polar surface area (TPSA) is 29.3 Å². The second-order valence-electron chi connectivity index (χ2n) is 5.78. The number of piperidine rings is 1. The first-order chi connectivity index (χ1) is 7.24.